The van der Waals surface area contributed by atoms with Crippen LogP contribution in [0, 0.1) is 12.3 Å². The van der Waals surface area contributed by atoms with Crippen molar-refractivity contribution in [2.24, 2.45) is 5.41 Å². The number of hydrogen-bond donors (Lipinski definition) is 0. The van der Waals surface area contributed by atoms with Crippen LogP contribution in [0.3, 0.4) is 0 Å². The number of rotatable bonds is 3. The summed E-state index contributed by atoms with van der Waals surface area (Å²) < 4.78 is 0. The molecule has 2 unspecified atom stereocenters. The largest absolute Gasteiger partial charge is 0.312 e. The van der Waals surface area contributed by atoms with Crippen LogP contribution in [0.1, 0.15) is 56.5 Å². The summed E-state index contributed by atoms with van der Waals surface area (Å²) >= 11 is 12.5. The molecule has 2 aliphatic carbocycles. The summed E-state index contributed by atoms with van der Waals surface area (Å²) in [5.74, 6) is 0.301. The van der Waals surface area contributed by atoms with Crippen molar-refractivity contribution in [3.63, 3.8) is 0 Å². The van der Waals surface area contributed by atoms with Crippen molar-refractivity contribution in [2.75, 3.05) is 11.4 Å². The molecule has 3 aromatic rings. The highest BCUT2D eigenvalue weighted by Crippen LogP contribution is 2.67. The van der Waals surface area contributed by atoms with Gasteiger partial charge in [0.25, 0.3) is 0 Å². The molecule has 6 heteroatoms. The summed E-state index contributed by atoms with van der Waals surface area (Å²) in [6.07, 6.45) is 1.71. The number of carbonyl (C=O) groups is 1. The molecule has 1 amide bonds. The van der Waals surface area contributed by atoms with E-state index in [1.165, 1.54) is 0 Å². The molecule has 0 spiro atoms. The number of hydrogen-bond acceptors (Lipinski definition) is 3. The van der Waals surface area contributed by atoms with E-state index >= 15 is 0 Å². The van der Waals surface area contributed by atoms with Crippen molar-refractivity contribution in [1.82, 2.24) is 9.97 Å². The Bertz CT molecular complexity index is 1240. The predicted molar refractivity (Wildman–Crippen MR) is 126 cm³/mol. The molecule has 0 saturated heterocycles. The summed E-state index contributed by atoms with van der Waals surface area (Å²) in [6, 6.07) is 11.7. The molecule has 2 aliphatic rings. The second-order valence-electron chi connectivity index (χ2n) is 9.32. The number of anilines is 1. The molecular formula is C25H25Cl2N3O. The average Bonchev–Trinajstić information content (AvgIpc) is 3.09. The van der Waals surface area contributed by atoms with Crippen LogP contribution in [0.25, 0.3) is 11.0 Å². The first-order valence-electron chi connectivity index (χ1n) is 10.8. The fourth-order valence-electron chi connectivity index (χ4n) is 5.82. The van der Waals surface area contributed by atoms with Gasteiger partial charge in [-0.25, -0.2) is 9.97 Å². The lowest BCUT2D eigenvalue weighted by Gasteiger charge is -2.40. The minimum Gasteiger partial charge on any atom is -0.312 e. The van der Waals surface area contributed by atoms with Crippen LogP contribution in [0.4, 0.5) is 5.69 Å². The lowest BCUT2D eigenvalue weighted by molar-refractivity contribution is -0.127. The molecule has 1 fully saturated rings. The maximum Gasteiger partial charge on any atom is 0.239 e. The number of aromatic nitrogens is 2. The molecule has 2 atom stereocenters. The summed E-state index contributed by atoms with van der Waals surface area (Å²) in [6.45, 7) is 9.07. The van der Waals surface area contributed by atoms with Gasteiger partial charge in [0.15, 0.2) is 0 Å². The van der Waals surface area contributed by atoms with Gasteiger partial charge in [-0.1, -0.05) is 49.2 Å². The van der Waals surface area contributed by atoms with E-state index in [0.29, 0.717) is 22.1 Å². The molecule has 0 N–H and O–H groups in total. The van der Waals surface area contributed by atoms with E-state index in [-0.39, 0.29) is 17.2 Å². The standard InChI is InChI=1S/C25H25Cl2N3O/c1-5-30(15-8-6-7-14(2)11-15)23(31)25-10-9-16(24(25,3)4)21-22(25)29-20-13-18(27)17(26)12-19(20)28-21/h6-8,11-13,16H,5,9-10H2,1-4H3. The highest BCUT2D eigenvalue weighted by Gasteiger charge is 2.68. The lowest BCUT2D eigenvalue weighted by atomic mass is 9.67. The van der Waals surface area contributed by atoms with Gasteiger partial charge in [0, 0.05) is 18.2 Å². The topological polar surface area (TPSA) is 46.1 Å². The third-order valence-corrected chi connectivity index (χ3v) is 8.21. The molecule has 5 rings (SSSR count). The SMILES string of the molecule is CCN(C(=O)C12CCC(c3nc4cc(Cl)c(Cl)cc4nc31)C2(C)C)c1cccc(C)c1. The number of fused-ring (bicyclic) bond motifs is 6. The van der Waals surface area contributed by atoms with Crippen molar-refractivity contribution in [2.45, 2.75) is 51.9 Å². The second-order valence-corrected chi connectivity index (χ2v) is 10.1. The predicted octanol–water partition coefficient (Wildman–Crippen LogP) is 6.45. The first kappa shape index (κ1) is 20.7. The van der Waals surface area contributed by atoms with Gasteiger partial charge in [-0.15, -0.1) is 0 Å². The number of likely N-dealkylation sites (N-methyl/N-ethyl adjacent to an activating group) is 1. The van der Waals surface area contributed by atoms with Gasteiger partial charge in [-0.3, -0.25) is 4.79 Å². The summed E-state index contributed by atoms with van der Waals surface area (Å²) in [5.41, 5.74) is 4.24. The third kappa shape index (κ3) is 2.71. The summed E-state index contributed by atoms with van der Waals surface area (Å²) in [5, 5.41) is 0.911. The van der Waals surface area contributed by atoms with Gasteiger partial charge in [0.2, 0.25) is 5.91 Å². The van der Waals surface area contributed by atoms with Crippen LogP contribution >= 0.6 is 23.2 Å². The summed E-state index contributed by atoms with van der Waals surface area (Å²) in [7, 11) is 0. The molecular weight excluding hydrogens is 429 g/mol. The van der Waals surface area contributed by atoms with Crippen LogP contribution in [-0.2, 0) is 10.2 Å². The quantitative estimate of drug-likeness (QED) is 0.457. The van der Waals surface area contributed by atoms with Crippen molar-refractivity contribution in [3.8, 4) is 0 Å². The number of nitrogens with zero attached hydrogens (tertiary/aromatic N) is 3. The van der Waals surface area contributed by atoms with E-state index in [9.17, 15) is 4.79 Å². The second kappa shape index (κ2) is 6.91. The van der Waals surface area contributed by atoms with E-state index in [1.807, 2.05) is 36.9 Å². The van der Waals surface area contributed by atoms with Crippen molar-refractivity contribution in [1.29, 1.82) is 0 Å². The zero-order chi connectivity index (χ0) is 22.1. The van der Waals surface area contributed by atoms with Crippen molar-refractivity contribution in [3.05, 3.63) is 63.4 Å². The Morgan fingerprint density at radius 2 is 1.81 bits per heavy atom. The van der Waals surface area contributed by atoms with Crippen LogP contribution in [0.15, 0.2) is 36.4 Å². The Morgan fingerprint density at radius 3 is 2.45 bits per heavy atom. The molecule has 0 radical (unpaired) electrons. The Balaban J connectivity index is 1.72. The van der Waals surface area contributed by atoms with E-state index in [0.717, 1.165) is 41.0 Å². The lowest BCUT2D eigenvalue weighted by Crippen LogP contribution is -2.51. The maximum atomic E-state index is 14.3. The first-order chi connectivity index (χ1) is 14.7. The highest BCUT2D eigenvalue weighted by molar-refractivity contribution is 6.42. The summed E-state index contributed by atoms with van der Waals surface area (Å²) in [4.78, 5) is 26.2. The average molecular weight is 454 g/mol. The van der Waals surface area contributed by atoms with E-state index in [1.54, 1.807) is 12.1 Å². The third-order valence-electron chi connectivity index (χ3n) is 7.49. The van der Waals surface area contributed by atoms with Gasteiger partial charge < -0.3 is 4.90 Å². The zero-order valence-corrected chi connectivity index (χ0v) is 19.7. The molecule has 4 nitrogen and oxygen atoms in total. The molecule has 1 aromatic heterocycles. The Morgan fingerprint density at radius 1 is 1.13 bits per heavy atom. The van der Waals surface area contributed by atoms with Crippen LogP contribution in [0.5, 0.6) is 0 Å². The number of benzene rings is 2. The van der Waals surface area contributed by atoms with Gasteiger partial charge >= 0.3 is 0 Å². The maximum absolute atomic E-state index is 14.3. The van der Waals surface area contributed by atoms with Crippen molar-refractivity contribution < 1.29 is 4.79 Å². The minimum absolute atomic E-state index is 0.112. The fraction of sp³-hybridized carbons (Fsp3) is 0.400. The molecule has 160 valence electrons. The molecule has 31 heavy (non-hydrogen) atoms. The molecule has 1 saturated carbocycles. The number of amides is 1. The molecule has 0 aliphatic heterocycles. The van der Waals surface area contributed by atoms with Gasteiger partial charge in [0.1, 0.15) is 0 Å². The van der Waals surface area contributed by atoms with Gasteiger partial charge in [-0.2, -0.15) is 0 Å². The van der Waals surface area contributed by atoms with Gasteiger partial charge in [0.05, 0.1) is 37.9 Å². The van der Waals surface area contributed by atoms with Crippen LogP contribution in [0.2, 0.25) is 10.0 Å². The normalized spacial score (nSPS) is 23.2. The van der Waals surface area contributed by atoms with Crippen LogP contribution < -0.4 is 4.90 Å². The molecule has 2 bridgehead atoms. The molecule has 1 heterocycles. The Hall–Kier alpha value is -2.17. The monoisotopic (exact) mass is 453 g/mol. The highest BCUT2D eigenvalue weighted by atomic mass is 35.5. The van der Waals surface area contributed by atoms with E-state index < -0.39 is 5.41 Å². The number of aryl methyl sites for hydroxylation is 1. The van der Waals surface area contributed by atoms with E-state index in [4.69, 9.17) is 33.2 Å². The van der Waals surface area contributed by atoms with Crippen molar-refractivity contribution >= 4 is 45.8 Å². The Labute approximate surface area is 192 Å². The fourth-order valence-corrected chi connectivity index (χ4v) is 6.14. The smallest absolute Gasteiger partial charge is 0.239 e. The minimum atomic E-state index is -0.708. The van der Waals surface area contributed by atoms with Gasteiger partial charge in [-0.05, 0) is 61.9 Å². The number of carbonyl (C=O) groups excluding carboxylic acids is 1. The molecule has 2 aromatic carbocycles. The Kier molecular flexibility index (Phi) is 4.62. The number of halogens is 2. The first-order valence-corrected chi connectivity index (χ1v) is 11.5. The van der Waals surface area contributed by atoms with Crippen LogP contribution in [-0.4, -0.2) is 22.4 Å². The van der Waals surface area contributed by atoms with E-state index in [2.05, 4.69) is 19.9 Å². The zero-order valence-electron chi connectivity index (χ0n) is 18.2.